The summed E-state index contributed by atoms with van der Waals surface area (Å²) in [6.45, 7) is 8.28. The summed E-state index contributed by atoms with van der Waals surface area (Å²) >= 11 is 0. The molecule has 0 aromatic rings. The molecule has 22 heavy (non-hydrogen) atoms. The van der Waals surface area contributed by atoms with Crippen molar-refractivity contribution in [3.05, 3.63) is 24.3 Å². The highest BCUT2D eigenvalue weighted by Gasteiger charge is 2.61. The van der Waals surface area contributed by atoms with Crippen molar-refractivity contribution in [1.29, 1.82) is 0 Å². The van der Waals surface area contributed by atoms with Crippen molar-refractivity contribution in [2.75, 3.05) is 6.61 Å². The van der Waals surface area contributed by atoms with Crippen molar-refractivity contribution in [3.63, 3.8) is 0 Å². The summed E-state index contributed by atoms with van der Waals surface area (Å²) in [7, 11) is 0. The summed E-state index contributed by atoms with van der Waals surface area (Å²) in [5.74, 6) is 7.04. The van der Waals surface area contributed by atoms with Gasteiger partial charge in [-0.15, -0.1) is 0 Å². The number of hydrogen-bond acceptors (Lipinski definition) is 2. The van der Waals surface area contributed by atoms with Crippen LogP contribution < -0.4 is 0 Å². The second-order valence-electron chi connectivity index (χ2n) is 8.34. The summed E-state index contributed by atoms with van der Waals surface area (Å²) in [5, 5.41) is 0. The lowest BCUT2D eigenvalue weighted by atomic mass is 9.66. The molecule has 0 spiro atoms. The Hall–Kier alpha value is -1.05. The Labute approximate surface area is 134 Å². The highest BCUT2D eigenvalue weighted by molar-refractivity contribution is 5.86. The molecule has 0 aromatic heterocycles. The molecule has 0 N–H and O–H groups in total. The minimum absolute atomic E-state index is 0.238. The van der Waals surface area contributed by atoms with Crippen molar-refractivity contribution in [3.8, 4) is 0 Å². The third kappa shape index (κ3) is 2.10. The van der Waals surface area contributed by atoms with Gasteiger partial charge in [0.1, 0.15) is 0 Å². The lowest BCUT2D eigenvalue weighted by Gasteiger charge is -2.39. The number of allylic oxidation sites excluding steroid dienone is 2. The van der Waals surface area contributed by atoms with Crippen LogP contribution in [0.1, 0.15) is 39.5 Å². The van der Waals surface area contributed by atoms with Gasteiger partial charge in [-0.3, -0.25) is 0 Å². The molecule has 0 aromatic carbocycles. The minimum Gasteiger partial charge on any atom is -0.462 e. The molecule has 3 saturated carbocycles. The molecule has 4 bridgehead atoms. The number of carbonyl (C=O) groups excluding carboxylic acids is 1. The van der Waals surface area contributed by atoms with Crippen molar-refractivity contribution in [1.82, 2.24) is 0 Å². The fourth-order valence-corrected chi connectivity index (χ4v) is 6.40. The molecular formula is C20H28O2. The smallest absolute Gasteiger partial charge is 0.333 e. The van der Waals surface area contributed by atoms with Gasteiger partial charge in [-0.2, -0.15) is 0 Å². The van der Waals surface area contributed by atoms with Gasteiger partial charge in [-0.05, 0) is 80.0 Å². The Kier molecular flexibility index (Phi) is 3.47. The van der Waals surface area contributed by atoms with Gasteiger partial charge in [-0.1, -0.05) is 25.7 Å². The molecule has 4 aliphatic rings. The maximum Gasteiger partial charge on any atom is 0.333 e. The van der Waals surface area contributed by atoms with Gasteiger partial charge in [0, 0.05) is 5.57 Å². The minimum atomic E-state index is -0.238. The van der Waals surface area contributed by atoms with Crippen molar-refractivity contribution in [2.45, 2.75) is 39.5 Å². The Morgan fingerprint density at radius 1 is 1.23 bits per heavy atom. The molecule has 0 amide bonds. The first-order valence-electron chi connectivity index (χ1n) is 9.07. The summed E-state index contributed by atoms with van der Waals surface area (Å²) in [6.07, 6.45) is 10.4. The van der Waals surface area contributed by atoms with Crippen LogP contribution in [-0.2, 0) is 9.53 Å². The van der Waals surface area contributed by atoms with Gasteiger partial charge in [0.25, 0.3) is 0 Å². The number of esters is 1. The maximum absolute atomic E-state index is 11.5. The quantitative estimate of drug-likeness (QED) is 0.329. The van der Waals surface area contributed by atoms with Gasteiger partial charge >= 0.3 is 5.97 Å². The molecule has 4 aliphatic carbocycles. The highest BCUT2D eigenvalue weighted by atomic mass is 16.5. The Morgan fingerprint density at radius 3 is 2.68 bits per heavy atom. The number of hydrogen-bond donors (Lipinski definition) is 0. The van der Waals surface area contributed by atoms with E-state index in [1.54, 1.807) is 6.92 Å². The third-order valence-corrected chi connectivity index (χ3v) is 7.21. The first-order valence-corrected chi connectivity index (χ1v) is 9.07. The summed E-state index contributed by atoms with van der Waals surface area (Å²) in [4.78, 5) is 11.5. The number of ether oxygens (including phenoxy) is 1. The lowest BCUT2D eigenvalue weighted by Crippen LogP contribution is -2.34. The van der Waals surface area contributed by atoms with Crippen LogP contribution in [0.3, 0.4) is 0 Å². The van der Waals surface area contributed by atoms with Crippen LogP contribution in [0, 0.1) is 47.3 Å². The van der Waals surface area contributed by atoms with Gasteiger partial charge in [0.2, 0.25) is 0 Å². The molecule has 0 saturated heterocycles. The zero-order valence-electron chi connectivity index (χ0n) is 13.8. The van der Waals surface area contributed by atoms with E-state index in [4.69, 9.17) is 4.74 Å². The zero-order valence-corrected chi connectivity index (χ0v) is 13.8. The molecule has 8 atom stereocenters. The van der Waals surface area contributed by atoms with Gasteiger partial charge in [0.15, 0.2) is 0 Å². The molecule has 2 heteroatoms. The molecular weight excluding hydrogens is 272 g/mol. The highest BCUT2D eigenvalue weighted by Crippen LogP contribution is 2.68. The van der Waals surface area contributed by atoms with E-state index in [9.17, 15) is 4.79 Å². The zero-order chi connectivity index (χ0) is 15.4. The largest absolute Gasteiger partial charge is 0.462 e. The van der Waals surface area contributed by atoms with Gasteiger partial charge < -0.3 is 4.74 Å². The molecule has 2 nitrogen and oxygen atoms in total. The monoisotopic (exact) mass is 300 g/mol. The molecule has 3 fully saturated rings. The van der Waals surface area contributed by atoms with Crippen LogP contribution in [0.4, 0.5) is 0 Å². The maximum atomic E-state index is 11.5. The SMILES string of the molecule is C=C(C)C(=O)OCCC(C)C1CC2CC1C1C3C=CC(C3)C21. The predicted molar refractivity (Wildman–Crippen MR) is 87.0 cm³/mol. The molecule has 8 unspecified atom stereocenters. The molecule has 120 valence electrons. The second kappa shape index (κ2) is 5.25. The Balaban J connectivity index is 1.34. The van der Waals surface area contributed by atoms with Crippen LogP contribution in [0.15, 0.2) is 24.3 Å². The van der Waals surface area contributed by atoms with E-state index < -0.39 is 0 Å². The molecule has 0 radical (unpaired) electrons. The molecule has 0 aliphatic heterocycles. The van der Waals surface area contributed by atoms with Crippen LogP contribution in [-0.4, -0.2) is 12.6 Å². The van der Waals surface area contributed by atoms with Gasteiger partial charge in [-0.25, -0.2) is 4.79 Å². The topological polar surface area (TPSA) is 26.3 Å². The fraction of sp³-hybridized carbons (Fsp3) is 0.750. The summed E-state index contributed by atoms with van der Waals surface area (Å²) in [5.41, 5.74) is 0.504. The van der Waals surface area contributed by atoms with E-state index >= 15 is 0 Å². The number of carbonyl (C=O) groups is 1. The van der Waals surface area contributed by atoms with Gasteiger partial charge in [0.05, 0.1) is 6.61 Å². The van der Waals surface area contributed by atoms with Crippen molar-refractivity contribution in [2.24, 2.45) is 47.3 Å². The second-order valence-corrected chi connectivity index (χ2v) is 8.34. The van der Waals surface area contributed by atoms with Crippen LogP contribution in [0.5, 0.6) is 0 Å². The average molecular weight is 300 g/mol. The standard InChI is InChI=1S/C20H28O2/c1-11(2)20(21)22-7-6-12(3)16-9-15-10-17(16)19-14-5-4-13(8-14)18(15)19/h4-5,12-19H,1,6-10H2,2-3H3. The van der Waals surface area contributed by atoms with E-state index in [1.807, 2.05) is 0 Å². The average Bonchev–Trinajstić information content (AvgIpc) is 3.24. The first-order chi connectivity index (χ1) is 10.6. The van der Waals surface area contributed by atoms with Crippen molar-refractivity contribution < 1.29 is 9.53 Å². The molecule has 0 heterocycles. The normalized spacial score (nSPS) is 45.1. The van der Waals surface area contributed by atoms with Crippen molar-refractivity contribution >= 4 is 5.97 Å². The Bertz CT molecular complexity index is 520. The van der Waals surface area contributed by atoms with E-state index in [1.165, 1.54) is 19.3 Å². The van der Waals surface area contributed by atoms with Crippen LogP contribution in [0.2, 0.25) is 0 Å². The Morgan fingerprint density at radius 2 is 1.95 bits per heavy atom. The van der Waals surface area contributed by atoms with E-state index in [-0.39, 0.29) is 5.97 Å². The third-order valence-electron chi connectivity index (χ3n) is 7.21. The van der Waals surface area contributed by atoms with E-state index in [0.717, 1.165) is 47.8 Å². The van der Waals surface area contributed by atoms with E-state index in [0.29, 0.717) is 18.1 Å². The summed E-state index contributed by atoms with van der Waals surface area (Å²) < 4.78 is 5.30. The molecule has 4 rings (SSSR count). The van der Waals surface area contributed by atoms with E-state index in [2.05, 4.69) is 25.7 Å². The number of rotatable bonds is 5. The first kappa shape index (κ1) is 14.5. The fourth-order valence-electron chi connectivity index (χ4n) is 6.40. The van der Waals surface area contributed by atoms with Crippen LogP contribution >= 0.6 is 0 Å². The lowest BCUT2D eigenvalue weighted by molar-refractivity contribution is -0.139. The number of fused-ring (bicyclic) bond motifs is 9. The predicted octanol–water partition coefficient (Wildman–Crippen LogP) is 4.23. The summed E-state index contributed by atoms with van der Waals surface area (Å²) in [6, 6.07) is 0. The van der Waals surface area contributed by atoms with Crippen LogP contribution in [0.25, 0.3) is 0 Å².